The van der Waals surface area contributed by atoms with Crippen LogP contribution in [0.5, 0.6) is 0 Å². The summed E-state index contributed by atoms with van der Waals surface area (Å²) in [6.45, 7) is 14.4. The summed E-state index contributed by atoms with van der Waals surface area (Å²) in [6, 6.07) is 0.664. The SMILES string of the molecule is CCCCN(C)C(=NCC1CCCN(C(C)C)C1)NCC.I. The number of hydrogen-bond acceptors (Lipinski definition) is 2. The van der Waals surface area contributed by atoms with E-state index in [1.165, 1.54) is 38.8 Å². The van der Waals surface area contributed by atoms with E-state index in [-0.39, 0.29) is 24.0 Å². The predicted molar refractivity (Wildman–Crippen MR) is 108 cm³/mol. The van der Waals surface area contributed by atoms with Crippen molar-refractivity contribution in [3.8, 4) is 0 Å². The maximum atomic E-state index is 4.89. The number of unbranched alkanes of at least 4 members (excludes halogenated alkanes) is 1. The molecule has 1 fully saturated rings. The van der Waals surface area contributed by atoms with Crippen LogP contribution in [-0.2, 0) is 0 Å². The van der Waals surface area contributed by atoms with Gasteiger partial charge in [0.2, 0.25) is 0 Å². The topological polar surface area (TPSA) is 30.9 Å². The molecule has 0 aromatic rings. The summed E-state index contributed by atoms with van der Waals surface area (Å²) in [6.07, 6.45) is 5.10. The van der Waals surface area contributed by atoms with Crippen molar-refractivity contribution < 1.29 is 0 Å². The Morgan fingerprint density at radius 2 is 2.09 bits per heavy atom. The highest BCUT2D eigenvalue weighted by Gasteiger charge is 2.21. The standard InChI is InChI=1S/C17H36N4.HI/c1-6-8-11-20(5)17(18-7-2)19-13-16-10-9-12-21(14-16)15(3)4;/h15-16H,6-14H2,1-5H3,(H,18,19);1H. The first-order valence-corrected chi connectivity index (χ1v) is 8.81. The summed E-state index contributed by atoms with van der Waals surface area (Å²) in [4.78, 5) is 9.76. The van der Waals surface area contributed by atoms with Crippen molar-refractivity contribution in [2.24, 2.45) is 10.9 Å². The molecular formula is C17H37IN4. The Labute approximate surface area is 155 Å². The number of halogens is 1. The molecule has 0 aromatic carbocycles. The molecule has 0 radical (unpaired) electrons. The van der Waals surface area contributed by atoms with E-state index in [1.807, 2.05) is 0 Å². The average Bonchev–Trinajstić information content (AvgIpc) is 2.49. The molecular weight excluding hydrogens is 387 g/mol. The Morgan fingerprint density at radius 1 is 1.36 bits per heavy atom. The maximum Gasteiger partial charge on any atom is 0.193 e. The average molecular weight is 424 g/mol. The van der Waals surface area contributed by atoms with Gasteiger partial charge in [-0.1, -0.05) is 13.3 Å². The minimum atomic E-state index is 0. The van der Waals surface area contributed by atoms with E-state index in [0.29, 0.717) is 6.04 Å². The van der Waals surface area contributed by atoms with Crippen LogP contribution >= 0.6 is 24.0 Å². The largest absolute Gasteiger partial charge is 0.357 e. The fourth-order valence-electron chi connectivity index (χ4n) is 2.90. The molecule has 1 N–H and O–H groups in total. The van der Waals surface area contributed by atoms with Crippen LogP contribution in [0.15, 0.2) is 4.99 Å². The normalized spacial score (nSPS) is 19.9. The summed E-state index contributed by atoms with van der Waals surface area (Å²) >= 11 is 0. The molecule has 1 saturated heterocycles. The number of hydrogen-bond donors (Lipinski definition) is 1. The quantitative estimate of drug-likeness (QED) is 0.386. The molecule has 0 saturated carbocycles. The number of piperidine rings is 1. The molecule has 0 spiro atoms. The number of guanidine groups is 1. The van der Waals surface area contributed by atoms with Gasteiger partial charge in [0, 0.05) is 39.3 Å². The minimum absolute atomic E-state index is 0. The second-order valence-corrected chi connectivity index (χ2v) is 6.57. The van der Waals surface area contributed by atoms with Gasteiger partial charge in [0.25, 0.3) is 0 Å². The molecule has 4 nitrogen and oxygen atoms in total. The highest BCUT2D eigenvalue weighted by molar-refractivity contribution is 14.0. The maximum absolute atomic E-state index is 4.89. The first-order valence-electron chi connectivity index (χ1n) is 8.81. The fourth-order valence-corrected chi connectivity index (χ4v) is 2.90. The van der Waals surface area contributed by atoms with Crippen LogP contribution < -0.4 is 5.32 Å². The minimum Gasteiger partial charge on any atom is -0.357 e. The molecule has 5 heteroatoms. The van der Waals surface area contributed by atoms with Crippen molar-refractivity contribution in [3.05, 3.63) is 0 Å². The van der Waals surface area contributed by atoms with Gasteiger partial charge in [-0.2, -0.15) is 0 Å². The molecule has 22 heavy (non-hydrogen) atoms. The first-order chi connectivity index (χ1) is 10.1. The summed E-state index contributed by atoms with van der Waals surface area (Å²) < 4.78 is 0. The van der Waals surface area contributed by atoms with Gasteiger partial charge in [-0.15, -0.1) is 24.0 Å². The first kappa shape index (κ1) is 22.0. The molecule has 1 rings (SSSR count). The lowest BCUT2D eigenvalue weighted by Gasteiger charge is -2.35. The van der Waals surface area contributed by atoms with Gasteiger partial charge in [-0.25, -0.2) is 0 Å². The van der Waals surface area contributed by atoms with Gasteiger partial charge >= 0.3 is 0 Å². The Morgan fingerprint density at radius 3 is 2.68 bits per heavy atom. The zero-order valence-corrected chi connectivity index (χ0v) is 17.6. The smallest absolute Gasteiger partial charge is 0.193 e. The van der Waals surface area contributed by atoms with E-state index >= 15 is 0 Å². The van der Waals surface area contributed by atoms with Crippen molar-refractivity contribution >= 4 is 29.9 Å². The van der Waals surface area contributed by atoms with Crippen LogP contribution in [0.25, 0.3) is 0 Å². The fraction of sp³-hybridized carbons (Fsp3) is 0.941. The van der Waals surface area contributed by atoms with E-state index in [9.17, 15) is 0 Å². The third kappa shape index (κ3) is 7.99. The summed E-state index contributed by atoms with van der Waals surface area (Å²) in [5.74, 6) is 1.79. The monoisotopic (exact) mass is 424 g/mol. The summed E-state index contributed by atoms with van der Waals surface area (Å²) in [5.41, 5.74) is 0. The Bertz CT molecular complexity index is 307. The van der Waals surface area contributed by atoms with Crippen LogP contribution in [0.4, 0.5) is 0 Å². The van der Waals surface area contributed by atoms with Crippen LogP contribution in [0, 0.1) is 5.92 Å². The lowest BCUT2D eigenvalue weighted by Crippen LogP contribution is -2.42. The second kappa shape index (κ2) is 12.4. The Hall–Kier alpha value is -0.0400. The lowest BCUT2D eigenvalue weighted by molar-refractivity contribution is 0.143. The number of likely N-dealkylation sites (tertiary alicyclic amines) is 1. The van der Waals surface area contributed by atoms with E-state index in [2.05, 4.69) is 49.9 Å². The molecule has 0 bridgehead atoms. The number of rotatable bonds is 7. The van der Waals surface area contributed by atoms with Gasteiger partial charge in [0.15, 0.2) is 5.96 Å². The van der Waals surface area contributed by atoms with Gasteiger partial charge in [-0.3, -0.25) is 4.99 Å². The van der Waals surface area contributed by atoms with Crippen LogP contribution in [0.1, 0.15) is 53.4 Å². The molecule has 132 valence electrons. The Kier molecular flexibility index (Phi) is 12.4. The molecule has 1 atom stereocenters. The Balaban J connectivity index is 0.00000441. The van der Waals surface area contributed by atoms with E-state index in [0.717, 1.165) is 31.5 Å². The molecule has 0 aromatic heterocycles. The van der Waals surface area contributed by atoms with Gasteiger partial charge in [0.1, 0.15) is 0 Å². The van der Waals surface area contributed by atoms with Gasteiger partial charge in [0.05, 0.1) is 0 Å². The zero-order valence-electron chi connectivity index (χ0n) is 15.3. The highest BCUT2D eigenvalue weighted by Crippen LogP contribution is 2.18. The summed E-state index contributed by atoms with van der Waals surface area (Å²) in [7, 11) is 2.15. The predicted octanol–water partition coefficient (Wildman–Crippen LogP) is 3.42. The van der Waals surface area contributed by atoms with E-state index in [4.69, 9.17) is 4.99 Å². The third-order valence-electron chi connectivity index (χ3n) is 4.32. The van der Waals surface area contributed by atoms with Crippen molar-refractivity contribution in [1.82, 2.24) is 15.1 Å². The van der Waals surface area contributed by atoms with Crippen molar-refractivity contribution in [1.29, 1.82) is 0 Å². The van der Waals surface area contributed by atoms with Gasteiger partial charge in [-0.05, 0) is 52.5 Å². The molecule has 1 heterocycles. The number of aliphatic imine (C=N–C) groups is 1. The van der Waals surface area contributed by atoms with E-state index < -0.39 is 0 Å². The molecule has 1 unspecified atom stereocenters. The van der Waals surface area contributed by atoms with Crippen LogP contribution in [0.2, 0.25) is 0 Å². The van der Waals surface area contributed by atoms with Crippen molar-refractivity contribution in [3.63, 3.8) is 0 Å². The number of nitrogens with zero attached hydrogens (tertiary/aromatic N) is 3. The summed E-state index contributed by atoms with van der Waals surface area (Å²) in [5, 5.41) is 3.43. The second-order valence-electron chi connectivity index (χ2n) is 6.57. The van der Waals surface area contributed by atoms with Crippen molar-refractivity contribution in [2.75, 3.05) is 39.8 Å². The molecule has 1 aliphatic heterocycles. The van der Waals surface area contributed by atoms with Crippen LogP contribution in [-0.4, -0.2) is 61.6 Å². The molecule has 0 aliphatic carbocycles. The lowest BCUT2D eigenvalue weighted by atomic mass is 9.97. The molecule has 1 aliphatic rings. The van der Waals surface area contributed by atoms with E-state index in [1.54, 1.807) is 0 Å². The molecule has 0 amide bonds. The van der Waals surface area contributed by atoms with Gasteiger partial charge < -0.3 is 15.1 Å². The number of nitrogens with one attached hydrogen (secondary N) is 1. The third-order valence-corrected chi connectivity index (χ3v) is 4.32. The van der Waals surface area contributed by atoms with Crippen molar-refractivity contribution in [2.45, 2.75) is 59.4 Å². The van der Waals surface area contributed by atoms with Crippen LogP contribution in [0.3, 0.4) is 0 Å². The zero-order chi connectivity index (χ0) is 15.7. The highest BCUT2D eigenvalue weighted by atomic mass is 127.